The van der Waals surface area contributed by atoms with E-state index in [0.29, 0.717) is 19.0 Å². The molecule has 4 heteroatoms. The minimum Gasteiger partial charge on any atom is -0.355 e. The largest absolute Gasteiger partial charge is 0.355 e. The summed E-state index contributed by atoms with van der Waals surface area (Å²) in [7, 11) is 1.87. The number of aryl methyl sites for hydroxylation is 1. The van der Waals surface area contributed by atoms with Gasteiger partial charge in [-0.1, -0.05) is 12.1 Å². The maximum absolute atomic E-state index is 12.4. The Balaban J connectivity index is 2.36. The summed E-state index contributed by atoms with van der Waals surface area (Å²) in [6.45, 7) is 5.52. The van der Waals surface area contributed by atoms with Crippen LogP contribution < -0.4 is 10.6 Å². The number of nitrogens with two attached hydrogens (primary N) is 1. The van der Waals surface area contributed by atoms with Gasteiger partial charge >= 0.3 is 0 Å². The standard InChI is InChI=1S/C15H23N3O/c1-11-5-4-6-13(9-11)18-12(2)10-17(3)15(19)14(18)7-8-16/h4-6,9,12,14H,7-8,10,16H2,1-3H3. The van der Waals surface area contributed by atoms with Crippen molar-refractivity contribution >= 4 is 11.6 Å². The number of anilines is 1. The van der Waals surface area contributed by atoms with Crippen LogP contribution >= 0.6 is 0 Å². The molecular weight excluding hydrogens is 238 g/mol. The Morgan fingerprint density at radius 3 is 2.79 bits per heavy atom. The molecule has 1 amide bonds. The van der Waals surface area contributed by atoms with E-state index in [1.807, 2.05) is 18.0 Å². The molecule has 1 aliphatic heterocycles. The highest BCUT2D eigenvalue weighted by molar-refractivity contribution is 5.86. The number of amides is 1. The molecule has 0 spiro atoms. The fourth-order valence-electron chi connectivity index (χ4n) is 2.90. The van der Waals surface area contributed by atoms with Crippen LogP contribution in [0.15, 0.2) is 24.3 Å². The van der Waals surface area contributed by atoms with Gasteiger partial charge in [-0.3, -0.25) is 4.79 Å². The molecule has 2 N–H and O–H groups in total. The molecule has 0 aliphatic carbocycles. The van der Waals surface area contributed by atoms with Gasteiger partial charge in [0.25, 0.3) is 0 Å². The maximum atomic E-state index is 12.4. The van der Waals surface area contributed by atoms with Crippen LogP contribution in [0.3, 0.4) is 0 Å². The summed E-state index contributed by atoms with van der Waals surface area (Å²) in [5.74, 6) is 0.171. The lowest BCUT2D eigenvalue weighted by atomic mass is 10.0. The topological polar surface area (TPSA) is 49.6 Å². The van der Waals surface area contributed by atoms with E-state index in [9.17, 15) is 4.79 Å². The van der Waals surface area contributed by atoms with Gasteiger partial charge in [0.1, 0.15) is 6.04 Å². The summed E-state index contributed by atoms with van der Waals surface area (Å²) in [6, 6.07) is 8.50. The predicted octanol–water partition coefficient (Wildman–Crippen LogP) is 1.38. The molecule has 1 aromatic carbocycles. The summed E-state index contributed by atoms with van der Waals surface area (Å²) in [5.41, 5.74) is 8.01. The highest BCUT2D eigenvalue weighted by Gasteiger charge is 2.36. The van der Waals surface area contributed by atoms with Gasteiger partial charge < -0.3 is 15.5 Å². The van der Waals surface area contributed by atoms with Crippen LogP contribution in [0.1, 0.15) is 18.9 Å². The molecule has 1 aromatic rings. The number of carbonyl (C=O) groups is 1. The van der Waals surface area contributed by atoms with E-state index < -0.39 is 0 Å². The summed E-state index contributed by atoms with van der Waals surface area (Å²) < 4.78 is 0. The molecule has 0 aromatic heterocycles. The third-order valence-corrected chi connectivity index (χ3v) is 3.75. The zero-order valence-electron chi connectivity index (χ0n) is 12.0. The Morgan fingerprint density at radius 2 is 2.16 bits per heavy atom. The first-order valence-corrected chi connectivity index (χ1v) is 6.84. The minimum absolute atomic E-state index is 0.138. The molecule has 4 nitrogen and oxygen atoms in total. The molecule has 104 valence electrons. The second-order valence-corrected chi connectivity index (χ2v) is 5.41. The van der Waals surface area contributed by atoms with E-state index >= 15 is 0 Å². The number of piperazine rings is 1. The molecule has 1 fully saturated rings. The van der Waals surface area contributed by atoms with Crippen LogP contribution in [0, 0.1) is 6.92 Å². The first-order chi connectivity index (χ1) is 9.04. The summed E-state index contributed by atoms with van der Waals surface area (Å²) >= 11 is 0. The lowest BCUT2D eigenvalue weighted by molar-refractivity contribution is -0.133. The average molecular weight is 261 g/mol. The van der Waals surface area contributed by atoms with Crippen molar-refractivity contribution in [2.75, 3.05) is 25.0 Å². The SMILES string of the molecule is Cc1cccc(N2C(C)CN(C)C(=O)C2CCN)c1. The van der Waals surface area contributed by atoms with Crippen molar-refractivity contribution in [3.8, 4) is 0 Å². The molecule has 1 heterocycles. The van der Waals surface area contributed by atoms with Gasteiger partial charge in [-0.25, -0.2) is 0 Å². The first kappa shape index (κ1) is 13.9. The quantitative estimate of drug-likeness (QED) is 0.894. The Labute approximate surface area is 115 Å². The molecule has 1 saturated heterocycles. The number of hydrogen-bond donors (Lipinski definition) is 1. The van der Waals surface area contributed by atoms with E-state index in [1.54, 1.807) is 0 Å². The number of rotatable bonds is 3. The van der Waals surface area contributed by atoms with Gasteiger partial charge in [-0.15, -0.1) is 0 Å². The maximum Gasteiger partial charge on any atom is 0.245 e. The Morgan fingerprint density at radius 1 is 1.42 bits per heavy atom. The molecule has 2 unspecified atom stereocenters. The zero-order valence-corrected chi connectivity index (χ0v) is 12.0. The van der Waals surface area contributed by atoms with Crippen LogP contribution in [0.25, 0.3) is 0 Å². The Bertz CT molecular complexity index is 460. The van der Waals surface area contributed by atoms with Gasteiger partial charge in [0.15, 0.2) is 0 Å². The number of benzene rings is 1. The molecule has 2 atom stereocenters. The average Bonchev–Trinajstić information content (AvgIpc) is 2.36. The van der Waals surface area contributed by atoms with Gasteiger partial charge in [-0.05, 0) is 44.5 Å². The van der Waals surface area contributed by atoms with Crippen LogP contribution in [-0.2, 0) is 4.79 Å². The molecule has 19 heavy (non-hydrogen) atoms. The lowest BCUT2D eigenvalue weighted by Crippen LogP contribution is -2.60. The van der Waals surface area contributed by atoms with E-state index in [1.165, 1.54) is 5.56 Å². The molecule has 1 aliphatic rings. The first-order valence-electron chi connectivity index (χ1n) is 6.84. The minimum atomic E-state index is -0.138. The van der Waals surface area contributed by atoms with Gasteiger partial charge in [0.2, 0.25) is 5.91 Å². The van der Waals surface area contributed by atoms with Crippen LogP contribution in [0.4, 0.5) is 5.69 Å². The van der Waals surface area contributed by atoms with E-state index in [-0.39, 0.29) is 11.9 Å². The van der Waals surface area contributed by atoms with Crippen molar-refractivity contribution in [3.63, 3.8) is 0 Å². The van der Waals surface area contributed by atoms with Gasteiger partial charge in [-0.2, -0.15) is 0 Å². The van der Waals surface area contributed by atoms with Crippen molar-refractivity contribution in [1.82, 2.24) is 4.90 Å². The second-order valence-electron chi connectivity index (χ2n) is 5.41. The number of likely N-dealkylation sites (N-methyl/N-ethyl adjacent to an activating group) is 1. The number of nitrogens with zero attached hydrogens (tertiary/aromatic N) is 2. The van der Waals surface area contributed by atoms with E-state index in [4.69, 9.17) is 5.73 Å². The van der Waals surface area contributed by atoms with E-state index in [0.717, 1.165) is 12.2 Å². The fraction of sp³-hybridized carbons (Fsp3) is 0.533. The van der Waals surface area contributed by atoms with Crippen molar-refractivity contribution in [2.24, 2.45) is 5.73 Å². The Hall–Kier alpha value is -1.55. The lowest BCUT2D eigenvalue weighted by Gasteiger charge is -2.45. The highest BCUT2D eigenvalue weighted by atomic mass is 16.2. The van der Waals surface area contributed by atoms with Crippen LogP contribution in [0.5, 0.6) is 0 Å². The fourth-order valence-corrected chi connectivity index (χ4v) is 2.90. The number of hydrogen-bond acceptors (Lipinski definition) is 3. The van der Waals surface area contributed by atoms with Gasteiger partial charge in [0, 0.05) is 25.3 Å². The van der Waals surface area contributed by atoms with Crippen molar-refractivity contribution < 1.29 is 4.79 Å². The Kier molecular flexibility index (Phi) is 4.10. The summed E-state index contributed by atoms with van der Waals surface area (Å²) in [5, 5.41) is 0. The molecule has 0 bridgehead atoms. The molecule has 0 saturated carbocycles. The summed E-state index contributed by atoms with van der Waals surface area (Å²) in [4.78, 5) is 16.4. The van der Waals surface area contributed by atoms with Crippen molar-refractivity contribution in [1.29, 1.82) is 0 Å². The van der Waals surface area contributed by atoms with Gasteiger partial charge in [0.05, 0.1) is 0 Å². The van der Waals surface area contributed by atoms with Crippen LogP contribution in [0.2, 0.25) is 0 Å². The van der Waals surface area contributed by atoms with Crippen molar-refractivity contribution in [2.45, 2.75) is 32.4 Å². The summed E-state index contributed by atoms with van der Waals surface area (Å²) in [6.07, 6.45) is 0.696. The zero-order chi connectivity index (χ0) is 14.0. The monoisotopic (exact) mass is 261 g/mol. The van der Waals surface area contributed by atoms with Crippen molar-refractivity contribution in [3.05, 3.63) is 29.8 Å². The van der Waals surface area contributed by atoms with E-state index in [2.05, 4.69) is 36.9 Å². The third kappa shape index (κ3) is 2.73. The predicted molar refractivity (Wildman–Crippen MR) is 78.2 cm³/mol. The normalized spacial score (nSPS) is 23.9. The molecule has 2 rings (SSSR count). The molecular formula is C15H23N3O. The number of carbonyl (C=O) groups excluding carboxylic acids is 1. The highest BCUT2D eigenvalue weighted by Crippen LogP contribution is 2.27. The smallest absolute Gasteiger partial charge is 0.245 e. The molecule has 0 radical (unpaired) electrons. The van der Waals surface area contributed by atoms with Crippen LogP contribution in [-0.4, -0.2) is 43.0 Å². The third-order valence-electron chi connectivity index (χ3n) is 3.75. The second kappa shape index (κ2) is 5.61.